The third-order valence-corrected chi connectivity index (χ3v) is 6.18. The van der Waals surface area contributed by atoms with Gasteiger partial charge in [0.05, 0.1) is 12.7 Å². The van der Waals surface area contributed by atoms with Gasteiger partial charge >= 0.3 is 0 Å². The zero-order valence-electron chi connectivity index (χ0n) is 19.5. The first-order valence-electron chi connectivity index (χ1n) is 11.1. The zero-order valence-corrected chi connectivity index (χ0v) is 19.5. The molecule has 2 aliphatic heterocycles. The van der Waals surface area contributed by atoms with Gasteiger partial charge in [-0.15, -0.1) is 0 Å². The quantitative estimate of drug-likeness (QED) is 0.615. The molecule has 0 unspecified atom stereocenters. The molecular weight excluding hydrogens is 396 g/mol. The summed E-state index contributed by atoms with van der Waals surface area (Å²) in [6.45, 7) is 9.19. The first kappa shape index (κ1) is 23.8. The van der Waals surface area contributed by atoms with E-state index in [1.807, 2.05) is 31.1 Å². The second-order valence-corrected chi connectivity index (χ2v) is 9.10. The fourth-order valence-corrected chi connectivity index (χ4v) is 4.37. The lowest BCUT2D eigenvalue weighted by Crippen LogP contribution is -2.53. The summed E-state index contributed by atoms with van der Waals surface area (Å²) in [7, 11) is 5.71. The van der Waals surface area contributed by atoms with E-state index >= 15 is 0 Å². The fraction of sp³-hybridized carbons (Fsp3) is 0.696. The Morgan fingerprint density at radius 3 is 2.52 bits per heavy atom. The van der Waals surface area contributed by atoms with Crippen molar-refractivity contribution >= 4 is 5.91 Å². The highest BCUT2D eigenvalue weighted by Gasteiger charge is 2.38. The molecule has 0 saturated carbocycles. The average molecular weight is 435 g/mol. The van der Waals surface area contributed by atoms with Crippen molar-refractivity contribution in [2.75, 3.05) is 80.2 Å². The molecule has 0 spiro atoms. The molecule has 8 heteroatoms. The van der Waals surface area contributed by atoms with Gasteiger partial charge in [0.1, 0.15) is 6.61 Å². The van der Waals surface area contributed by atoms with Crippen molar-refractivity contribution in [1.82, 2.24) is 19.6 Å². The van der Waals surface area contributed by atoms with Gasteiger partial charge in [-0.25, -0.2) is 0 Å². The number of benzene rings is 1. The van der Waals surface area contributed by atoms with Crippen LogP contribution in [0.5, 0.6) is 11.5 Å². The normalized spacial score (nSPS) is 22.8. The molecule has 2 aliphatic rings. The Labute approximate surface area is 186 Å². The lowest BCUT2D eigenvalue weighted by molar-refractivity contribution is -0.130. The van der Waals surface area contributed by atoms with Gasteiger partial charge in [0.15, 0.2) is 11.5 Å². The largest absolute Gasteiger partial charge is 0.493 e. The number of hydrogen-bond acceptors (Lipinski definition) is 7. The van der Waals surface area contributed by atoms with Crippen LogP contribution in [-0.2, 0) is 11.3 Å². The van der Waals surface area contributed by atoms with Gasteiger partial charge in [0, 0.05) is 65.8 Å². The predicted molar refractivity (Wildman–Crippen MR) is 121 cm³/mol. The van der Waals surface area contributed by atoms with Crippen molar-refractivity contribution in [3.8, 4) is 11.5 Å². The van der Waals surface area contributed by atoms with Crippen LogP contribution in [0.2, 0.25) is 0 Å². The SMILES string of the molecule is COc1cc(CN2CC[C@@](O)(CN3CCN(C(C)=O)CC3)C2)ccc1OCCN(C)C. The summed E-state index contributed by atoms with van der Waals surface area (Å²) in [6, 6.07) is 6.08. The Morgan fingerprint density at radius 2 is 1.87 bits per heavy atom. The van der Waals surface area contributed by atoms with E-state index < -0.39 is 5.60 Å². The fourth-order valence-electron chi connectivity index (χ4n) is 4.37. The van der Waals surface area contributed by atoms with Crippen LogP contribution in [0.4, 0.5) is 0 Å². The summed E-state index contributed by atoms with van der Waals surface area (Å²) >= 11 is 0. The summed E-state index contributed by atoms with van der Waals surface area (Å²) < 4.78 is 11.4. The third kappa shape index (κ3) is 6.80. The van der Waals surface area contributed by atoms with Crippen molar-refractivity contribution in [3.63, 3.8) is 0 Å². The minimum Gasteiger partial charge on any atom is -0.493 e. The minimum absolute atomic E-state index is 0.134. The van der Waals surface area contributed by atoms with E-state index in [1.165, 1.54) is 0 Å². The number of likely N-dealkylation sites (tertiary alicyclic amines) is 1. The van der Waals surface area contributed by atoms with E-state index in [4.69, 9.17) is 9.47 Å². The minimum atomic E-state index is -0.697. The number of ether oxygens (including phenoxy) is 2. The molecule has 1 atom stereocenters. The van der Waals surface area contributed by atoms with E-state index in [1.54, 1.807) is 14.0 Å². The first-order chi connectivity index (χ1) is 14.8. The van der Waals surface area contributed by atoms with Crippen LogP contribution in [0.3, 0.4) is 0 Å². The number of amides is 1. The van der Waals surface area contributed by atoms with Crippen LogP contribution in [-0.4, -0.2) is 116 Å². The number of likely N-dealkylation sites (N-methyl/N-ethyl adjacent to an activating group) is 1. The summed E-state index contributed by atoms with van der Waals surface area (Å²) in [5.41, 5.74) is 0.452. The molecule has 0 bridgehead atoms. The molecule has 1 N–H and O–H groups in total. The van der Waals surface area contributed by atoms with Crippen LogP contribution in [0, 0.1) is 0 Å². The lowest BCUT2D eigenvalue weighted by Gasteiger charge is -2.38. The van der Waals surface area contributed by atoms with Crippen LogP contribution >= 0.6 is 0 Å². The Balaban J connectivity index is 1.50. The van der Waals surface area contributed by atoms with E-state index in [0.717, 1.165) is 69.3 Å². The van der Waals surface area contributed by atoms with Crippen LogP contribution < -0.4 is 9.47 Å². The average Bonchev–Trinajstić information content (AvgIpc) is 3.09. The summed E-state index contributed by atoms with van der Waals surface area (Å²) in [6.07, 6.45) is 0.767. The van der Waals surface area contributed by atoms with E-state index in [-0.39, 0.29) is 5.91 Å². The van der Waals surface area contributed by atoms with Gasteiger partial charge in [0.25, 0.3) is 0 Å². The molecule has 1 amide bonds. The maximum atomic E-state index is 11.5. The molecule has 2 saturated heterocycles. The highest BCUT2D eigenvalue weighted by Crippen LogP contribution is 2.30. The van der Waals surface area contributed by atoms with E-state index in [0.29, 0.717) is 19.7 Å². The molecule has 1 aromatic carbocycles. The molecule has 31 heavy (non-hydrogen) atoms. The molecule has 174 valence electrons. The van der Waals surface area contributed by atoms with Crippen molar-refractivity contribution < 1.29 is 19.4 Å². The molecular formula is C23H38N4O4. The maximum Gasteiger partial charge on any atom is 0.219 e. The molecule has 3 rings (SSSR count). The van der Waals surface area contributed by atoms with Gasteiger partial charge in [-0.1, -0.05) is 6.07 Å². The number of piperazine rings is 1. The van der Waals surface area contributed by atoms with Crippen molar-refractivity contribution in [3.05, 3.63) is 23.8 Å². The lowest BCUT2D eigenvalue weighted by atomic mass is 10.0. The number of aliphatic hydroxyl groups is 1. The maximum absolute atomic E-state index is 11.5. The smallest absolute Gasteiger partial charge is 0.219 e. The van der Waals surface area contributed by atoms with Crippen LogP contribution in [0.15, 0.2) is 18.2 Å². The topological polar surface area (TPSA) is 68.7 Å². The molecule has 8 nitrogen and oxygen atoms in total. The molecule has 2 fully saturated rings. The van der Waals surface area contributed by atoms with Gasteiger partial charge in [0.2, 0.25) is 5.91 Å². The van der Waals surface area contributed by atoms with Crippen molar-refractivity contribution in [2.45, 2.75) is 25.5 Å². The second kappa shape index (κ2) is 10.6. The van der Waals surface area contributed by atoms with Gasteiger partial charge in [-0.2, -0.15) is 0 Å². The Morgan fingerprint density at radius 1 is 1.13 bits per heavy atom. The zero-order chi connectivity index (χ0) is 22.4. The molecule has 0 aromatic heterocycles. The van der Waals surface area contributed by atoms with E-state index in [9.17, 15) is 9.90 Å². The monoisotopic (exact) mass is 434 g/mol. The predicted octanol–water partition coefficient (Wildman–Crippen LogP) is 0.737. The Hall–Kier alpha value is -1.87. The first-order valence-corrected chi connectivity index (χ1v) is 11.1. The Kier molecular flexibility index (Phi) is 8.16. The number of rotatable bonds is 9. The van der Waals surface area contributed by atoms with Crippen molar-refractivity contribution in [2.24, 2.45) is 0 Å². The molecule has 0 aliphatic carbocycles. The summed E-state index contributed by atoms with van der Waals surface area (Å²) in [5.74, 6) is 1.64. The van der Waals surface area contributed by atoms with Crippen LogP contribution in [0.25, 0.3) is 0 Å². The number of carbonyl (C=O) groups excluding carboxylic acids is 1. The highest BCUT2D eigenvalue weighted by molar-refractivity contribution is 5.73. The third-order valence-electron chi connectivity index (χ3n) is 6.18. The molecule has 1 aromatic rings. The van der Waals surface area contributed by atoms with Crippen LogP contribution in [0.1, 0.15) is 18.9 Å². The number of β-amino-alcohol motifs (C(OH)–C–C–N with tert-alkyl or cyclic N) is 1. The number of hydrogen-bond donors (Lipinski definition) is 1. The van der Waals surface area contributed by atoms with Crippen molar-refractivity contribution in [1.29, 1.82) is 0 Å². The van der Waals surface area contributed by atoms with Gasteiger partial charge < -0.3 is 24.4 Å². The van der Waals surface area contributed by atoms with E-state index in [2.05, 4.69) is 20.8 Å². The highest BCUT2D eigenvalue weighted by atomic mass is 16.5. The standard InChI is InChI=1S/C23H38N4O4/c1-19(28)27-11-9-25(10-12-27)17-23(29)7-8-26(18-23)16-20-5-6-21(22(15-20)30-4)31-14-13-24(2)3/h5-6,15,29H,7-14,16-18H2,1-4H3/t23-/m1/s1. The number of nitrogens with zero attached hydrogens (tertiary/aromatic N) is 4. The summed E-state index contributed by atoms with van der Waals surface area (Å²) in [5, 5.41) is 11.1. The van der Waals surface area contributed by atoms with Gasteiger partial charge in [-0.05, 0) is 38.2 Å². The molecule has 2 heterocycles. The van der Waals surface area contributed by atoms with Gasteiger partial charge in [-0.3, -0.25) is 14.6 Å². The number of carbonyl (C=O) groups is 1. The second-order valence-electron chi connectivity index (χ2n) is 9.10. The number of methoxy groups -OCH3 is 1. The Bertz CT molecular complexity index is 736. The molecule has 0 radical (unpaired) electrons. The summed E-state index contributed by atoms with van der Waals surface area (Å²) in [4.78, 5) is 20.0.